The van der Waals surface area contributed by atoms with Crippen LogP contribution in [0.15, 0.2) is 12.2 Å². The Bertz CT molecular complexity index is 160. The van der Waals surface area contributed by atoms with Crippen LogP contribution in [0.25, 0.3) is 0 Å². The van der Waals surface area contributed by atoms with Crippen LogP contribution in [-0.2, 0) is 14.3 Å². The van der Waals surface area contributed by atoms with E-state index in [0.717, 1.165) is 0 Å². The summed E-state index contributed by atoms with van der Waals surface area (Å²) in [6, 6.07) is 0. The van der Waals surface area contributed by atoms with Crippen molar-refractivity contribution >= 4 is 5.97 Å². The molecule has 0 spiro atoms. The lowest BCUT2D eigenvalue weighted by molar-refractivity contribution is -0.163. The van der Waals surface area contributed by atoms with Crippen molar-refractivity contribution in [2.45, 2.75) is 26.2 Å². The van der Waals surface area contributed by atoms with Gasteiger partial charge in [0.05, 0.1) is 6.10 Å². The molecular formula is C7H10O3. The highest BCUT2D eigenvalue weighted by Gasteiger charge is 2.17. The molecule has 56 valence electrons. The number of rotatable bonds is 2. The molecule has 0 fully saturated rings. The van der Waals surface area contributed by atoms with E-state index in [-0.39, 0.29) is 12.1 Å². The molecule has 0 aromatic heterocycles. The molecule has 0 saturated heterocycles. The molecule has 0 bridgehead atoms. The lowest BCUT2D eigenvalue weighted by atomic mass is 10.5. The maximum atomic E-state index is 10.4. The van der Waals surface area contributed by atoms with E-state index in [4.69, 9.17) is 9.47 Å². The normalized spacial score (nSPS) is 23.9. The molecule has 1 aliphatic heterocycles. The van der Waals surface area contributed by atoms with Gasteiger partial charge in [0.2, 0.25) is 6.29 Å². The lowest BCUT2D eigenvalue weighted by Gasteiger charge is -2.11. The number of cyclic esters (lactones) is 1. The molecule has 10 heavy (non-hydrogen) atoms. The summed E-state index contributed by atoms with van der Waals surface area (Å²) < 4.78 is 9.85. The summed E-state index contributed by atoms with van der Waals surface area (Å²) in [6.07, 6.45) is 2.59. The number of ether oxygens (including phenoxy) is 2. The number of esters is 1. The van der Waals surface area contributed by atoms with Crippen molar-refractivity contribution in [3.05, 3.63) is 12.2 Å². The highest BCUT2D eigenvalue weighted by molar-refractivity contribution is 5.84. The molecule has 3 heteroatoms. The molecule has 1 atom stereocenters. The van der Waals surface area contributed by atoms with Crippen molar-refractivity contribution in [2.75, 3.05) is 0 Å². The van der Waals surface area contributed by atoms with Gasteiger partial charge < -0.3 is 9.47 Å². The summed E-state index contributed by atoms with van der Waals surface area (Å²) >= 11 is 0. The van der Waals surface area contributed by atoms with Gasteiger partial charge in [-0.2, -0.15) is 0 Å². The third kappa shape index (κ3) is 1.84. The van der Waals surface area contributed by atoms with Crippen molar-refractivity contribution < 1.29 is 14.3 Å². The number of carbonyl (C=O) groups is 1. The van der Waals surface area contributed by atoms with Crippen molar-refractivity contribution in [2.24, 2.45) is 0 Å². The van der Waals surface area contributed by atoms with Gasteiger partial charge in [0.15, 0.2) is 0 Å². The van der Waals surface area contributed by atoms with Gasteiger partial charge in [-0.1, -0.05) is 0 Å². The topological polar surface area (TPSA) is 35.5 Å². The Morgan fingerprint density at radius 1 is 1.70 bits per heavy atom. The highest BCUT2D eigenvalue weighted by Crippen LogP contribution is 2.08. The minimum absolute atomic E-state index is 0.0838. The first-order valence-electron chi connectivity index (χ1n) is 3.23. The van der Waals surface area contributed by atoms with E-state index in [2.05, 4.69) is 0 Å². The van der Waals surface area contributed by atoms with Crippen LogP contribution in [0.3, 0.4) is 0 Å². The molecule has 1 rings (SSSR count). The SMILES string of the molecule is CC(C)O[C@@H]1C=CC(=O)O1. The average molecular weight is 142 g/mol. The molecule has 1 aliphatic rings. The highest BCUT2D eigenvalue weighted by atomic mass is 16.7. The van der Waals surface area contributed by atoms with Crippen LogP contribution in [0, 0.1) is 0 Å². The Hall–Kier alpha value is -0.830. The lowest BCUT2D eigenvalue weighted by Crippen LogP contribution is -2.16. The molecule has 0 aromatic carbocycles. The van der Waals surface area contributed by atoms with E-state index >= 15 is 0 Å². The Balaban J connectivity index is 2.33. The Labute approximate surface area is 59.6 Å². The van der Waals surface area contributed by atoms with Crippen LogP contribution in [0.2, 0.25) is 0 Å². The van der Waals surface area contributed by atoms with Crippen LogP contribution in [0.1, 0.15) is 13.8 Å². The summed E-state index contributed by atoms with van der Waals surface area (Å²) in [7, 11) is 0. The smallest absolute Gasteiger partial charge is 0.333 e. The standard InChI is InChI=1S/C7H10O3/c1-5(2)9-7-4-3-6(8)10-7/h3-5,7H,1-2H3/t7-/m0/s1. The Morgan fingerprint density at radius 3 is 2.80 bits per heavy atom. The van der Waals surface area contributed by atoms with Crippen LogP contribution < -0.4 is 0 Å². The predicted molar refractivity (Wildman–Crippen MR) is 35.2 cm³/mol. The van der Waals surface area contributed by atoms with Crippen LogP contribution in [0.4, 0.5) is 0 Å². The first-order chi connectivity index (χ1) is 4.68. The minimum Gasteiger partial charge on any atom is -0.429 e. The fourth-order valence-corrected chi connectivity index (χ4v) is 0.692. The van der Waals surface area contributed by atoms with Crippen molar-refractivity contribution in [1.82, 2.24) is 0 Å². The van der Waals surface area contributed by atoms with Crippen LogP contribution in [-0.4, -0.2) is 18.4 Å². The van der Waals surface area contributed by atoms with Gasteiger partial charge in [0.25, 0.3) is 0 Å². The van der Waals surface area contributed by atoms with E-state index < -0.39 is 6.29 Å². The summed E-state index contributed by atoms with van der Waals surface area (Å²) in [6.45, 7) is 3.78. The zero-order valence-electron chi connectivity index (χ0n) is 6.03. The molecule has 0 saturated carbocycles. The third-order valence-electron chi connectivity index (χ3n) is 1.03. The van der Waals surface area contributed by atoms with Crippen molar-refractivity contribution in [3.8, 4) is 0 Å². The maximum absolute atomic E-state index is 10.4. The molecule has 0 amide bonds. The monoisotopic (exact) mass is 142 g/mol. The van der Waals surface area contributed by atoms with E-state index in [1.807, 2.05) is 13.8 Å². The minimum atomic E-state index is -0.465. The van der Waals surface area contributed by atoms with E-state index in [9.17, 15) is 4.79 Å². The molecular weight excluding hydrogens is 132 g/mol. The fourth-order valence-electron chi connectivity index (χ4n) is 0.692. The van der Waals surface area contributed by atoms with Gasteiger partial charge in [-0.25, -0.2) is 4.79 Å². The average Bonchev–Trinajstić information content (AvgIpc) is 2.13. The summed E-state index contributed by atoms with van der Waals surface area (Å²) in [5.41, 5.74) is 0. The van der Waals surface area contributed by atoms with Crippen LogP contribution >= 0.6 is 0 Å². The molecule has 0 unspecified atom stereocenters. The quantitative estimate of drug-likeness (QED) is 0.536. The number of hydrogen-bond donors (Lipinski definition) is 0. The van der Waals surface area contributed by atoms with Crippen LogP contribution in [0.5, 0.6) is 0 Å². The van der Waals surface area contributed by atoms with E-state index in [0.29, 0.717) is 0 Å². The summed E-state index contributed by atoms with van der Waals surface area (Å²) in [4.78, 5) is 10.4. The summed E-state index contributed by atoms with van der Waals surface area (Å²) in [5, 5.41) is 0. The molecule has 0 N–H and O–H groups in total. The van der Waals surface area contributed by atoms with Gasteiger partial charge in [-0.15, -0.1) is 0 Å². The number of hydrogen-bond acceptors (Lipinski definition) is 3. The molecule has 0 aromatic rings. The van der Waals surface area contributed by atoms with Gasteiger partial charge in [-0.05, 0) is 19.9 Å². The van der Waals surface area contributed by atoms with Gasteiger partial charge >= 0.3 is 5.97 Å². The molecule has 0 aliphatic carbocycles. The largest absolute Gasteiger partial charge is 0.429 e. The van der Waals surface area contributed by atoms with Gasteiger partial charge in [-0.3, -0.25) is 0 Å². The Morgan fingerprint density at radius 2 is 2.40 bits per heavy atom. The second kappa shape index (κ2) is 2.84. The van der Waals surface area contributed by atoms with E-state index in [1.54, 1.807) is 6.08 Å². The van der Waals surface area contributed by atoms with E-state index in [1.165, 1.54) is 6.08 Å². The maximum Gasteiger partial charge on any atom is 0.333 e. The predicted octanol–water partition coefficient (Wildman–Crippen LogP) is 0.850. The summed E-state index contributed by atoms with van der Waals surface area (Å²) in [5.74, 6) is -0.328. The molecule has 3 nitrogen and oxygen atoms in total. The second-order valence-corrected chi connectivity index (χ2v) is 2.35. The first kappa shape index (κ1) is 7.28. The van der Waals surface area contributed by atoms with Crippen molar-refractivity contribution in [1.29, 1.82) is 0 Å². The molecule has 0 radical (unpaired) electrons. The first-order valence-corrected chi connectivity index (χ1v) is 3.23. The molecule has 1 heterocycles. The third-order valence-corrected chi connectivity index (χ3v) is 1.03. The van der Waals surface area contributed by atoms with Gasteiger partial charge in [0.1, 0.15) is 0 Å². The second-order valence-electron chi connectivity index (χ2n) is 2.35. The zero-order chi connectivity index (χ0) is 7.56. The fraction of sp³-hybridized carbons (Fsp3) is 0.571. The Kier molecular flexibility index (Phi) is 2.06. The van der Waals surface area contributed by atoms with Gasteiger partial charge in [0, 0.05) is 6.08 Å². The zero-order valence-corrected chi connectivity index (χ0v) is 6.03. The number of carbonyl (C=O) groups excluding carboxylic acids is 1. The van der Waals surface area contributed by atoms with Crippen molar-refractivity contribution in [3.63, 3.8) is 0 Å².